The third-order valence-electron chi connectivity index (χ3n) is 3.45. The van der Waals surface area contributed by atoms with E-state index in [1.807, 2.05) is 17.0 Å². The van der Waals surface area contributed by atoms with Gasteiger partial charge in [-0.2, -0.15) is 0 Å². The maximum atomic E-state index is 11.2. The number of carboxylic acid groups (broad SMARTS) is 1. The van der Waals surface area contributed by atoms with Crippen LogP contribution in [0.4, 0.5) is 5.69 Å². The highest BCUT2D eigenvalue weighted by molar-refractivity contribution is 5.94. The summed E-state index contributed by atoms with van der Waals surface area (Å²) in [5.41, 5.74) is 0.375. The van der Waals surface area contributed by atoms with Gasteiger partial charge in [0.05, 0.1) is 12.0 Å². The minimum atomic E-state index is -1.16. The van der Waals surface area contributed by atoms with E-state index in [0.29, 0.717) is 25.1 Å². The first kappa shape index (κ1) is 13.5. The van der Waals surface area contributed by atoms with Gasteiger partial charge in [0.1, 0.15) is 0 Å². The maximum absolute atomic E-state index is 11.2. The van der Waals surface area contributed by atoms with Crippen LogP contribution in [0.25, 0.3) is 0 Å². The number of aliphatic carboxylic acids is 1. The molecular weight excluding hydrogens is 246 g/mol. The molecule has 0 aliphatic carbocycles. The molecule has 102 valence electrons. The van der Waals surface area contributed by atoms with Crippen LogP contribution in [0.2, 0.25) is 0 Å². The van der Waals surface area contributed by atoms with E-state index in [0.717, 1.165) is 5.69 Å². The number of carbonyl (C=O) groups is 2. The van der Waals surface area contributed by atoms with Crippen molar-refractivity contribution in [2.45, 2.75) is 25.4 Å². The Labute approximate surface area is 111 Å². The van der Waals surface area contributed by atoms with Gasteiger partial charge in [-0.25, -0.2) is 0 Å². The number of nitrogens with zero attached hydrogens (tertiary/aromatic N) is 1. The largest absolute Gasteiger partial charge is 0.481 e. The van der Waals surface area contributed by atoms with E-state index in [2.05, 4.69) is 0 Å². The highest BCUT2D eigenvalue weighted by Crippen LogP contribution is 2.29. The van der Waals surface area contributed by atoms with Gasteiger partial charge in [0.25, 0.3) is 0 Å². The van der Waals surface area contributed by atoms with E-state index in [1.165, 1.54) is 6.92 Å². The first-order valence-electron chi connectivity index (χ1n) is 6.20. The zero-order valence-corrected chi connectivity index (χ0v) is 10.8. The topological polar surface area (TPSA) is 77.8 Å². The van der Waals surface area contributed by atoms with Crippen molar-refractivity contribution in [3.05, 3.63) is 29.8 Å². The molecule has 1 aromatic rings. The molecule has 2 N–H and O–H groups in total. The van der Waals surface area contributed by atoms with Crippen LogP contribution in [0.3, 0.4) is 0 Å². The summed E-state index contributed by atoms with van der Waals surface area (Å²) < 4.78 is 0. The van der Waals surface area contributed by atoms with Crippen LogP contribution < -0.4 is 4.90 Å². The number of hydrogen-bond acceptors (Lipinski definition) is 4. The number of β-amino-alcohol motifs (C(OH)–C–C–N with tert-alkyl or cyclic N) is 1. The van der Waals surface area contributed by atoms with Gasteiger partial charge in [-0.05, 0) is 37.6 Å². The molecule has 5 nitrogen and oxygen atoms in total. The predicted molar refractivity (Wildman–Crippen MR) is 70.5 cm³/mol. The van der Waals surface area contributed by atoms with Gasteiger partial charge in [0.15, 0.2) is 5.78 Å². The van der Waals surface area contributed by atoms with E-state index >= 15 is 0 Å². The minimum Gasteiger partial charge on any atom is -0.481 e. The molecule has 1 atom stereocenters. The number of aliphatic hydroxyl groups is 1. The van der Waals surface area contributed by atoms with E-state index in [4.69, 9.17) is 5.11 Å². The Morgan fingerprint density at radius 3 is 2.47 bits per heavy atom. The van der Waals surface area contributed by atoms with Crippen molar-refractivity contribution < 1.29 is 19.8 Å². The zero-order chi connectivity index (χ0) is 14.0. The monoisotopic (exact) mass is 263 g/mol. The van der Waals surface area contributed by atoms with Crippen LogP contribution in [-0.2, 0) is 4.79 Å². The Balaban J connectivity index is 2.08. The molecule has 1 unspecified atom stereocenters. The Morgan fingerprint density at radius 2 is 1.95 bits per heavy atom. The summed E-state index contributed by atoms with van der Waals surface area (Å²) in [4.78, 5) is 23.8. The molecule has 1 saturated heterocycles. The van der Waals surface area contributed by atoms with Gasteiger partial charge in [-0.15, -0.1) is 0 Å². The van der Waals surface area contributed by atoms with Crippen molar-refractivity contribution in [1.29, 1.82) is 0 Å². The number of hydrogen-bond donors (Lipinski definition) is 2. The summed E-state index contributed by atoms with van der Waals surface area (Å²) in [5, 5.41) is 18.9. The summed E-state index contributed by atoms with van der Waals surface area (Å²) in [6.45, 7) is 2.43. The highest BCUT2D eigenvalue weighted by Gasteiger charge is 2.38. The second-order valence-electron chi connectivity index (χ2n) is 5.07. The third kappa shape index (κ3) is 3.12. The SMILES string of the molecule is CC(=O)c1ccc(N2CCC(O)(CC(=O)O)C2)cc1. The van der Waals surface area contributed by atoms with E-state index < -0.39 is 11.6 Å². The first-order valence-corrected chi connectivity index (χ1v) is 6.20. The van der Waals surface area contributed by atoms with Crippen LogP contribution in [0.1, 0.15) is 30.1 Å². The molecule has 0 bridgehead atoms. The molecule has 5 heteroatoms. The number of rotatable bonds is 4. The lowest BCUT2D eigenvalue weighted by atomic mass is 9.99. The Bertz CT molecular complexity index is 497. The van der Waals surface area contributed by atoms with Crippen molar-refractivity contribution >= 4 is 17.4 Å². The number of carbonyl (C=O) groups excluding carboxylic acids is 1. The molecule has 19 heavy (non-hydrogen) atoms. The van der Waals surface area contributed by atoms with Crippen LogP contribution >= 0.6 is 0 Å². The molecule has 0 radical (unpaired) electrons. The standard InChI is InChI=1S/C14H17NO4/c1-10(16)11-2-4-12(5-3-11)15-7-6-14(19,9-15)8-13(17)18/h2-5,19H,6-9H2,1H3,(H,17,18). The Morgan fingerprint density at radius 1 is 1.32 bits per heavy atom. The second kappa shape index (κ2) is 5.01. The third-order valence-corrected chi connectivity index (χ3v) is 3.45. The Kier molecular flexibility index (Phi) is 3.57. The smallest absolute Gasteiger partial charge is 0.306 e. The molecule has 0 aromatic heterocycles. The quantitative estimate of drug-likeness (QED) is 0.801. The van der Waals surface area contributed by atoms with Crippen LogP contribution in [-0.4, -0.2) is 40.7 Å². The summed E-state index contributed by atoms with van der Waals surface area (Å²) >= 11 is 0. The Hall–Kier alpha value is -1.88. The van der Waals surface area contributed by atoms with Crippen LogP contribution in [0, 0.1) is 0 Å². The molecule has 1 heterocycles. The van der Waals surface area contributed by atoms with Crippen molar-refractivity contribution in [3.63, 3.8) is 0 Å². The number of carboxylic acids is 1. The molecule has 0 saturated carbocycles. The molecule has 0 amide bonds. The fourth-order valence-corrected chi connectivity index (χ4v) is 2.41. The number of benzene rings is 1. The summed E-state index contributed by atoms with van der Waals surface area (Å²) in [6.07, 6.45) is 0.197. The van der Waals surface area contributed by atoms with E-state index in [-0.39, 0.29) is 12.2 Å². The van der Waals surface area contributed by atoms with Gasteiger partial charge in [0, 0.05) is 24.3 Å². The molecule has 1 aromatic carbocycles. The molecule has 2 rings (SSSR count). The molecule has 0 spiro atoms. The van der Waals surface area contributed by atoms with Crippen LogP contribution in [0.5, 0.6) is 0 Å². The zero-order valence-electron chi connectivity index (χ0n) is 10.8. The number of ketones is 1. The number of anilines is 1. The molecular formula is C14H17NO4. The van der Waals surface area contributed by atoms with Crippen molar-refractivity contribution in [1.82, 2.24) is 0 Å². The van der Waals surface area contributed by atoms with E-state index in [9.17, 15) is 14.7 Å². The van der Waals surface area contributed by atoms with Gasteiger partial charge >= 0.3 is 5.97 Å². The number of Topliss-reactive ketones (excluding diaryl/α,β-unsaturated/α-hetero) is 1. The molecule has 1 fully saturated rings. The van der Waals surface area contributed by atoms with Gasteiger partial charge in [-0.1, -0.05) is 0 Å². The minimum absolute atomic E-state index is 0.00959. The lowest BCUT2D eigenvalue weighted by molar-refractivity contribution is -0.141. The summed E-state index contributed by atoms with van der Waals surface area (Å²) in [6, 6.07) is 7.13. The lowest BCUT2D eigenvalue weighted by Crippen LogP contribution is -2.35. The van der Waals surface area contributed by atoms with E-state index in [1.54, 1.807) is 12.1 Å². The average Bonchev–Trinajstić information content (AvgIpc) is 2.70. The normalized spacial score (nSPS) is 22.5. The van der Waals surface area contributed by atoms with Crippen molar-refractivity contribution in [2.24, 2.45) is 0 Å². The average molecular weight is 263 g/mol. The van der Waals surface area contributed by atoms with Gasteiger partial charge < -0.3 is 15.1 Å². The second-order valence-corrected chi connectivity index (χ2v) is 5.07. The van der Waals surface area contributed by atoms with Gasteiger partial charge in [0.2, 0.25) is 0 Å². The fourth-order valence-electron chi connectivity index (χ4n) is 2.41. The lowest BCUT2D eigenvalue weighted by Gasteiger charge is -2.23. The summed E-state index contributed by atoms with van der Waals surface area (Å²) in [7, 11) is 0. The summed E-state index contributed by atoms with van der Waals surface area (Å²) in [5.74, 6) is -0.980. The maximum Gasteiger partial charge on any atom is 0.306 e. The van der Waals surface area contributed by atoms with Crippen molar-refractivity contribution in [2.75, 3.05) is 18.0 Å². The fraction of sp³-hybridized carbons (Fsp3) is 0.429. The molecule has 1 aliphatic rings. The molecule has 1 aliphatic heterocycles. The van der Waals surface area contributed by atoms with Crippen LogP contribution in [0.15, 0.2) is 24.3 Å². The first-order chi connectivity index (χ1) is 8.89. The van der Waals surface area contributed by atoms with Crippen molar-refractivity contribution in [3.8, 4) is 0 Å². The van der Waals surface area contributed by atoms with Gasteiger partial charge in [-0.3, -0.25) is 9.59 Å². The highest BCUT2D eigenvalue weighted by atomic mass is 16.4. The predicted octanol–water partition coefficient (Wildman–Crippen LogP) is 1.31.